The van der Waals surface area contributed by atoms with Gasteiger partial charge in [0.2, 0.25) is 5.91 Å². The number of nitrogens with zero attached hydrogens (tertiary/aromatic N) is 3. The van der Waals surface area contributed by atoms with E-state index in [1.54, 1.807) is 12.1 Å². The van der Waals surface area contributed by atoms with Crippen LogP contribution in [0.3, 0.4) is 0 Å². The van der Waals surface area contributed by atoms with E-state index >= 15 is 0 Å². The smallest absolute Gasteiger partial charge is 0.269 e. The van der Waals surface area contributed by atoms with Crippen LogP contribution in [0.2, 0.25) is 0 Å². The lowest BCUT2D eigenvalue weighted by Crippen LogP contribution is -2.53. The summed E-state index contributed by atoms with van der Waals surface area (Å²) in [4.78, 5) is 27.0. The number of hydrogen-bond donors (Lipinski definition) is 1. The van der Waals surface area contributed by atoms with Gasteiger partial charge in [0.25, 0.3) is 5.69 Å². The molecule has 1 atom stereocenters. The summed E-state index contributed by atoms with van der Waals surface area (Å²) in [5.41, 5.74) is 1.20. The van der Waals surface area contributed by atoms with Crippen LogP contribution in [-0.2, 0) is 11.3 Å². The molecule has 1 aromatic carbocycles. The first kappa shape index (κ1) is 16.9. The summed E-state index contributed by atoms with van der Waals surface area (Å²) in [6, 6.07) is 7.06. The van der Waals surface area contributed by atoms with Crippen molar-refractivity contribution in [2.75, 3.05) is 26.2 Å². The minimum Gasteiger partial charge on any atom is -0.352 e. The van der Waals surface area contributed by atoms with Gasteiger partial charge >= 0.3 is 0 Å². The van der Waals surface area contributed by atoms with Crippen LogP contribution in [0.5, 0.6) is 0 Å². The Morgan fingerprint density at radius 2 is 1.88 bits per heavy atom. The number of nitrogens with one attached hydrogen (secondary N) is 1. The molecular formula is C17H24N4O3. The number of amides is 1. The van der Waals surface area contributed by atoms with Gasteiger partial charge in [-0.25, -0.2) is 0 Å². The summed E-state index contributed by atoms with van der Waals surface area (Å²) in [6.45, 7) is 6.30. The SMILES string of the molecule is CC(C(=O)NC1CC1)N1CCN(Cc2ccc([N+](=O)[O-])cc2)CC1. The second-order valence-corrected chi connectivity index (χ2v) is 6.69. The highest BCUT2D eigenvalue weighted by Gasteiger charge is 2.29. The minimum atomic E-state index is -0.378. The standard InChI is InChI=1S/C17H24N4O3/c1-13(17(22)18-15-4-5-15)20-10-8-19(9-11-20)12-14-2-6-16(7-3-14)21(23)24/h2-3,6-7,13,15H,4-5,8-12H2,1H3,(H,18,22). The summed E-state index contributed by atoms with van der Waals surface area (Å²) in [5, 5.41) is 13.8. The van der Waals surface area contributed by atoms with E-state index in [1.165, 1.54) is 0 Å². The second-order valence-electron chi connectivity index (χ2n) is 6.69. The normalized spacial score (nSPS) is 20.5. The number of carbonyl (C=O) groups is 1. The van der Waals surface area contributed by atoms with Crippen molar-refractivity contribution in [3.8, 4) is 0 Å². The Labute approximate surface area is 141 Å². The minimum absolute atomic E-state index is 0.0767. The van der Waals surface area contributed by atoms with Crippen molar-refractivity contribution in [3.05, 3.63) is 39.9 Å². The highest BCUT2D eigenvalue weighted by molar-refractivity contribution is 5.81. The van der Waals surface area contributed by atoms with E-state index in [2.05, 4.69) is 15.1 Å². The number of hydrogen-bond acceptors (Lipinski definition) is 5. The molecule has 1 aliphatic carbocycles. The molecule has 7 heteroatoms. The van der Waals surface area contributed by atoms with E-state index in [1.807, 2.05) is 19.1 Å². The van der Waals surface area contributed by atoms with Gasteiger partial charge in [0, 0.05) is 50.9 Å². The second kappa shape index (κ2) is 7.27. The molecule has 130 valence electrons. The Balaban J connectivity index is 1.46. The van der Waals surface area contributed by atoms with Crippen molar-refractivity contribution in [2.24, 2.45) is 0 Å². The Hall–Kier alpha value is -1.99. The van der Waals surface area contributed by atoms with E-state index < -0.39 is 0 Å². The molecule has 7 nitrogen and oxygen atoms in total. The Morgan fingerprint density at radius 1 is 1.25 bits per heavy atom. The largest absolute Gasteiger partial charge is 0.352 e. The van der Waals surface area contributed by atoms with E-state index in [-0.39, 0.29) is 22.6 Å². The van der Waals surface area contributed by atoms with Crippen LogP contribution in [0.1, 0.15) is 25.3 Å². The van der Waals surface area contributed by atoms with Crippen molar-refractivity contribution in [1.29, 1.82) is 0 Å². The first-order chi connectivity index (χ1) is 11.5. The van der Waals surface area contributed by atoms with Crippen molar-refractivity contribution in [2.45, 2.75) is 38.4 Å². The lowest BCUT2D eigenvalue weighted by molar-refractivity contribution is -0.384. The van der Waals surface area contributed by atoms with E-state index in [0.29, 0.717) is 6.04 Å². The molecule has 1 saturated heterocycles. The van der Waals surface area contributed by atoms with Crippen LogP contribution in [-0.4, -0.2) is 58.9 Å². The molecule has 1 saturated carbocycles. The zero-order valence-corrected chi connectivity index (χ0v) is 14.0. The summed E-state index contributed by atoms with van der Waals surface area (Å²) >= 11 is 0. The summed E-state index contributed by atoms with van der Waals surface area (Å²) < 4.78 is 0. The molecular weight excluding hydrogens is 308 g/mol. The first-order valence-corrected chi connectivity index (χ1v) is 8.53. The maximum atomic E-state index is 12.1. The lowest BCUT2D eigenvalue weighted by Gasteiger charge is -2.37. The third-order valence-electron chi connectivity index (χ3n) is 4.81. The topological polar surface area (TPSA) is 78.7 Å². The van der Waals surface area contributed by atoms with Gasteiger partial charge in [0.15, 0.2) is 0 Å². The molecule has 1 amide bonds. The molecule has 0 radical (unpaired) electrons. The fourth-order valence-electron chi connectivity index (χ4n) is 3.01. The van der Waals surface area contributed by atoms with E-state index in [0.717, 1.165) is 51.1 Å². The molecule has 1 N–H and O–H groups in total. The molecule has 3 rings (SSSR count). The Bertz CT molecular complexity index is 592. The fraction of sp³-hybridized carbons (Fsp3) is 0.588. The maximum absolute atomic E-state index is 12.1. The highest BCUT2D eigenvalue weighted by atomic mass is 16.6. The molecule has 24 heavy (non-hydrogen) atoms. The van der Waals surface area contributed by atoms with Gasteiger partial charge in [-0.3, -0.25) is 24.7 Å². The van der Waals surface area contributed by atoms with Gasteiger partial charge in [0.1, 0.15) is 0 Å². The van der Waals surface area contributed by atoms with Gasteiger partial charge in [-0.15, -0.1) is 0 Å². The lowest BCUT2D eigenvalue weighted by atomic mass is 10.1. The van der Waals surface area contributed by atoms with Crippen molar-refractivity contribution in [1.82, 2.24) is 15.1 Å². The number of nitro benzene ring substituents is 1. The molecule has 2 aliphatic rings. The van der Waals surface area contributed by atoms with Gasteiger partial charge in [0.05, 0.1) is 11.0 Å². The third-order valence-corrected chi connectivity index (χ3v) is 4.81. The van der Waals surface area contributed by atoms with Crippen molar-refractivity contribution >= 4 is 11.6 Å². The van der Waals surface area contributed by atoms with Crippen LogP contribution in [0, 0.1) is 10.1 Å². The predicted octanol–water partition coefficient (Wildman–Crippen LogP) is 1.38. The third kappa shape index (κ3) is 4.30. The van der Waals surface area contributed by atoms with Crippen LogP contribution in [0.25, 0.3) is 0 Å². The number of carbonyl (C=O) groups excluding carboxylic acids is 1. The van der Waals surface area contributed by atoms with Crippen LogP contribution in [0.15, 0.2) is 24.3 Å². The Kier molecular flexibility index (Phi) is 5.11. The van der Waals surface area contributed by atoms with Gasteiger partial charge in [-0.1, -0.05) is 12.1 Å². The zero-order valence-electron chi connectivity index (χ0n) is 14.0. The van der Waals surface area contributed by atoms with E-state index in [9.17, 15) is 14.9 Å². The molecule has 1 aromatic rings. The molecule has 1 aliphatic heterocycles. The van der Waals surface area contributed by atoms with E-state index in [4.69, 9.17) is 0 Å². The Morgan fingerprint density at radius 3 is 2.42 bits per heavy atom. The van der Waals surface area contributed by atoms with Crippen LogP contribution >= 0.6 is 0 Å². The number of benzene rings is 1. The summed E-state index contributed by atoms with van der Waals surface area (Å²) in [7, 11) is 0. The highest BCUT2D eigenvalue weighted by Crippen LogP contribution is 2.19. The number of rotatable bonds is 6. The summed E-state index contributed by atoms with van der Waals surface area (Å²) in [5.74, 6) is 0.140. The molecule has 1 heterocycles. The maximum Gasteiger partial charge on any atom is 0.269 e. The summed E-state index contributed by atoms with van der Waals surface area (Å²) in [6.07, 6.45) is 2.23. The molecule has 2 fully saturated rings. The first-order valence-electron chi connectivity index (χ1n) is 8.53. The van der Waals surface area contributed by atoms with Gasteiger partial charge < -0.3 is 5.32 Å². The number of piperazine rings is 1. The monoisotopic (exact) mass is 332 g/mol. The molecule has 0 bridgehead atoms. The van der Waals surface area contributed by atoms with Crippen LogP contribution in [0.4, 0.5) is 5.69 Å². The average Bonchev–Trinajstić information content (AvgIpc) is 3.39. The van der Waals surface area contributed by atoms with Crippen LogP contribution < -0.4 is 5.32 Å². The van der Waals surface area contributed by atoms with Crippen molar-refractivity contribution < 1.29 is 9.72 Å². The molecule has 0 aromatic heterocycles. The molecule has 1 unspecified atom stereocenters. The zero-order chi connectivity index (χ0) is 17.1. The van der Waals surface area contributed by atoms with Gasteiger partial charge in [-0.2, -0.15) is 0 Å². The number of nitro groups is 1. The van der Waals surface area contributed by atoms with Gasteiger partial charge in [-0.05, 0) is 25.3 Å². The number of non-ortho nitro benzene ring substituents is 1. The fourth-order valence-corrected chi connectivity index (χ4v) is 3.01. The average molecular weight is 332 g/mol. The van der Waals surface area contributed by atoms with Crippen molar-refractivity contribution in [3.63, 3.8) is 0 Å². The predicted molar refractivity (Wildman–Crippen MR) is 90.6 cm³/mol. The molecule has 0 spiro atoms. The quantitative estimate of drug-likeness (QED) is 0.629.